The Morgan fingerprint density at radius 1 is 1.69 bits per heavy atom. The number of H-pyrrole nitrogens is 1. The summed E-state index contributed by atoms with van der Waals surface area (Å²) in [5.41, 5.74) is 1.20. The molecule has 1 aromatic heterocycles. The number of nitrogens with one attached hydrogen (secondary N) is 2. The zero-order valence-corrected chi connectivity index (χ0v) is 7.95. The Kier molecular flexibility index (Phi) is 2.61. The first kappa shape index (κ1) is 8.72. The van der Waals surface area contributed by atoms with E-state index in [9.17, 15) is 0 Å². The lowest BCUT2D eigenvalue weighted by Gasteiger charge is -2.33. The summed E-state index contributed by atoms with van der Waals surface area (Å²) in [5, 5.41) is 10.3. The molecule has 2 N–H and O–H groups in total. The van der Waals surface area contributed by atoms with Crippen LogP contribution in [-0.2, 0) is 6.54 Å². The average molecular weight is 180 g/mol. The third kappa shape index (κ3) is 2.08. The van der Waals surface area contributed by atoms with Gasteiger partial charge in [-0.15, -0.1) is 0 Å². The van der Waals surface area contributed by atoms with Gasteiger partial charge in [-0.3, -0.25) is 10.00 Å². The first-order valence-electron chi connectivity index (χ1n) is 4.79. The van der Waals surface area contributed by atoms with Crippen LogP contribution in [0.25, 0.3) is 0 Å². The highest BCUT2D eigenvalue weighted by Gasteiger charge is 2.17. The lowest BCUT2D eigenvalue weighted by atomic mass is 10.2. The molecule has 1 aliphatic heterocycles. The van der Waals surface area contributed by atoms with Crippen molar-refractivity contribution in [3.63, 3.8) is 0 Å². The Hall–Kier alpha value is -0.870. The highest BCUT2D eigenvalue weighted by atomic mass is 15.2. The minimum Gasteiger partial charge on any atom is -0.314 e. The summed E-state index contributed by atoms with van der Waals surface area (Å²) in [7, 11) is 0. The van der Waals surface area contributed by atoms with Crippen molar-refractivity contribution >= 4 is 0 Å². The van der Waals surface area contributed by atoms with Gasteiger partial charge in [0.05, 0.1) is 0 Å². The smallest absolute Gasteiger partial charge is 0.0492 e. The maximum absolute atomic E-state index is 3.95. The van der Waals surface area contributed by atoms with Crippen molar-refractivity contribution < 1.29 is 0 Å². The van der Waals surface area contributed by atoms with E-state index in [4.69, 9.17) is 0 Å². The molecule has 0 unspecified atom stereocenters. The molecule has 4 heteroatoms. The van der Waals surface area contributed by atoms with Crippen molar-refractivity contribution in [2.75, 3.05) is 19.6 Å². The largest absolute Gasteiger partial charge is 0.314 e. The highest BCUT2D eigenvalue weighted by molar-refractivity contribution is 4.98. The van der Waals surface area contributed by atoms with E-state index in [1.165, 1.54) is 5.69 Å². The van der Waals surface area contributed by atoms with E-state index in [1.54, 1.807) is 0 Å². The van der Waals surface area contributed by atoms with Gasteiger partial charge in [0.15, 0.2) is 0 Å². The Morgan fingerprint density at radius 2 is 2.62 bits per heavy atom. The van der Waals surface area contributed by atoms with E-state index in [1.807, 2.05) is 12.3 Å². The topological polar surface area (TPSA) is 44.0 Å². The van der Waals surface area contributed by atoms with Gasteiger partial charge in [0.2, 0.25) is 0 Å². The minimum atomic E-state index is 0.622. The van der Waals surface area contributed by atoms with Gasteiger partial charge in [0.1, 0.15) is 0 Å². The number of aromatic amines is 1. The van der Waals surface area contributed by atoms with Crippen LogP contribution >= 0.6 is 0 Å². The fourth-order valence-electron chi connectivity index (χ4n) is 1.71. The number of aromatic nitrogens is 2. The van der Waals surface area contributed by atoms with Crippen molar-refractivity contribution in [3.8, 4) is 0 Å². The van der Waals surface area contributed by atoms with Crippen LogP contribution in [0.3, 0.4) is 0 Å². The Labute approximate surface area is 78.3 Å². The summed E-state index contributed by atoms with van der Waals surface area (Å²) in [5.74, 6) is 0. The van der Waals surface area contributed by atoms with Gasteiger partial charge in [0, 0.05) is 44.1 Å². The van der Waals surface area contributed by atoms with Crippen molar-refractivity contribution in [3.05, 3.63) is 18.0 Å². The quantitative estimate of drug-likeness (QED) is 0.683. The molecule has 1 aromatic rings. The molecule has 0 amide bonds. The van der Waals surface area contributed by atoms with E-state index in [-0.39, 0.29) is 0 Å². The van der Waals surface area contributed by atoms with Gasteiger partial charge in [-0.25, -0.2) is 0 Å². The van der Waals surface area contributed by atoms with Crippen molar-refractivity contribution in [2.24, 2.45) is 0 Å². The Bertz CT molecular complexity index is 244. The monoisotopic (exact) mass is 180 g/mol. The predicted octanol–water partition coefficient (Wildman–Crippen LogP) is 0.203. The first-order chi connectivity index (χ1) is 6.36. The Balaban J connectivity index is 1.93. The molecular weight excluding hydrogens is 164 g/mol. The third-order valence-electron chi connectivity index (χ3n) is 2.57. The van der Waals surface area contributed by atoms with Crippen LogP contribution in [0.2, 0.25) is 0 Å². The molecule has 2 rings (SSSR count). The predicted molar refractivity (Wildman–Crippen MR) is 51.3 cm³/mol. The number of rotatable bonds is 2. The fourth-order valence-corrected chi connectivity index (χ4v) is 1.71. The molecule has 72 valence electrons. The maximum atomic E-state index is 3.95. The van der Waals surface area contributed by atoms with Crippen LogP contribution in [0.5, 0.6) is 0 Å². The SMILES string of the molecule is C[C@H]1CNCCN1Cc1ccn[nH]1. The highest BCUT2D eigenvalue weighted by Crippen LogP contribution is 2.06. The van der Waals surface area contributed by atoms with Crippen molar-refractivity contribution in [2.45, 2.75) is 19.5 Å². The van der Waals surface area contributed by atoms with E-state index >= 15 is 0 Å². The van der Waals surface area contributed by atoms with E-state index in [0.29, 0.717) is 6.04 Å². The second kappa shape index (κ2) is 3.89. The van der Waals surface area contributed by atoms with Crippen molar-refractivity contribution in [1.82, 2.24) is 20.4 Å². The minimum absolute atomic E-state index is 0.622. The van der Waals surface area contributed by atoms with Crippen LogP contribution < -0.4 is 5.32 Å². The second-order valence-corrected chi connectivity index (χ2v) is 3.61. The molecule has 0 saturated carbocycles. The van der Waals surface area contributed by atoms with E-state index < -0.39 is 0 Å². The molecule has 0 spiro atoms. The van der Waals surface area contributed by atoms with Gasteiger partial charge in [-0.05, 0) is 13.0 Å². The molecule has 13 heavy (non-hydrogen) atoms. The summed E-state index contributed by atoms with van der Waals surface area (Å²) in [4.78, 5) is 2.46. The molecular formula is C9H16N4. The lowest BCUT2D eigenvalue weighted by molar-refractivity contribution is 0.164. The standard InChI is InChI=1S/C9H16N4/c1-8-6-10-4-5-13(8)7-9-2-3-11-12-9/h2-3,8,10H,4-7H2,1H3,(H,11,12)/t8-/m0/s1. The average Bonchev–Trinajstić information content (AvgIpc) is 2.61. The van der Waals surface area contributed by atoms with Gasteiger partial charge >= 0.3 is 0 Å². The molecule has 1 saturated heterocycles. The molecule has 1 fully saturated rings. The van der Waals surface area contributed by atoms with Crippen LogP contribution in [-0.4, -0.2) is 40.8 Å². The maximum Gasteiger partial charge on any atom is 0.0492 e. The van der Waals surface area contributed by atoms with Gasteiger partial charge < -0.3 is 5.32 Å². The van der Waals surface area contributed by atoms with Crippen molar-refractivity contribution in [1.29, 1.82) is 0 Å². The molecule has 0 aromatic carbocycles. The number of hydrogen-bond acceptors (Lipinski definition) is 3. The van der Waals surface area contributed by atoms with Crippen LogP contribution in [0.4, 0.5) is 0 Å². The number of nitrogens with zero attached hydrogens (tertiary/aromatic N) is 2. The molecule has 4 nitrogen and oxygen atoms in total. The zero-order chi connectivity index (χ0) is 9.10. The van der Waals surface area contributed by atoms with Gasteiger partial charge in [0.25, 0.3) is 0 Å². The Morgan fingerprint density at radius 3 is 3.31 bits per heavy atom. The molecule has 1 atom stereocenters. The van der Waals surface area contributed by atoms with Gasteiger partial charge in [-0.2, -0.15) is 5.10 Å². The van der Waals surface area contributed by atoms with Crippen LogP contribution in [0.15, 0.2) is 12.3 Å². The summed E-state index contributed by atoms with van der Waals surface area (Å²) in [6.07, 6.45) is 1.81. The van der Waals surface area contributed by atoms with E-state index in [2.05, 4.69) is 27.3 Å². The zero-order valence-electron chi connectivity index (χ0n) is 7.95. The molecule has 1 aliphatic rings. The summed E-state index contributed by atoms with van der Waals surface area (Å²) in [6, 6.07) is 2.66. The first-order valence-corrected chi connectivity index (χ1v) is 4.79. The lowest BCUT2D eigenvalue weighted by Crippen LogP contribution is -2.49. The van der Waals surface area contributed by atoms with Gasteiger partial charge in [-0.1, -0.05) is 0 Å². The normalized spacial score (nSPS) is 24.8. The summed E-state index contributed by atoms with van der Waals surface area (Å²) in [6.45, 7) is 6.55. The number of piperazine rings is 1. The molecule has 0 radical (unpaired) electrons. The van der Waals surface area contributed by atoms with E-state index in [0.717, 1.165) is 26.2 Å². The summed E-state index contributed by atoms with van der Waals surface area (Å²) < 4.78 is 0. The summed E-state index contributed by atoms with van der Waals surface area (Å²) >= 11 is 0. The second-order valence-electron chi connectivity index (χ2n) is 3.61. The fraction of sp³-hybridized carbons (Fsp3) is 0.667. The molecule has 2 heterocycles. The van der Waals surface area contributed by atoms with Crippen LogP contribution in [0.1, 0.15) is 12.6 Å². The molecule has 0 bridgehead atoms. The number of hydrogen-bond donors (Lipinski definition) is 2. The third-order valence-corrected chi connectivity index (χ3v) is 2.57. The van der Waals surface area contributed by atoms with Crippen LogP contribution in [0, 0.1) is 0 Å². The molecule has 0 aliphatic carbocycles.